The summed E-state index contributed by atoms with van der Waals surface area (Å²) in [5, 5.41) is 0. The van der Waals surface area contributed by atoms with Crippen LogP contribution in [0.25, 0.3) is 0 Å². The van der Waals surface area contributed by atoms with Gasteiger partial charge in [-0.3, -0.25) is 0 Å². The number of halogens is 4. The van der Waals surface area contributed by atoms with E-state index >= 15 is 0 Å². The van der Waals surface area contributed by atoms with Crippen LogP contribution in [0.15, 0.2) is 0 Å². The number of aromatic nitrogens is 2. The van der Waals surface area contributed by atoms with Gasteiger partial charge in [0.05, 0.1) is 0 Å². The molecule has 0 unspecified atom stereocenters. The minimum absolute atomic E-state index is 0.281. The summed E-state index contributed by atoms with van der Waals surface area (Å²) >= 11 is 1.41. The topological polar surface area (TPSA) is 25.8 Å². The first-order valence-corrected chi connectivity index (χ1v) is 3.23. The summed E-state index contributed by atoms with van der Waals surface area (Å²) in [5.41, 5.74) is 0. The first kappa shape index (κ1) is 7.70. The summed E-state index contributed by atoms with van der Waals surface area (Å²) in [5.74, 6) is -4.00. The molecule has 0 spiro atoms. The highest BCUT2D eigenvalue weighted by atomic mass is 127. The molecule has 0 saturated heterocycles. The van der Waals surface area contributed by atoms with Gasteiger partial charge >= 0.3 is 0 Å². The fourth-order valence-corrected chi connectivity index (χ4v) is 0.689. The molecule has 0 aliphatic rings. The van der Waals surface area contributed by atoms with Gasteiger partial charge < -0.3 is 0 Å². The van der Waals surface area contributed by atoms with Crippen LogP contribution in [0.4, 0.5) is 13.2 Å². The molecule has 1 rings (SSSR count). The van der Waals surface area contributed by atoms with Crippen molar-refractivity contribution in [3.8, 4) is 0 Å². The van der Waals surface area contributed by atoms with Gasteiger partial charge in [0.15, 0.2) is 3.70 Å². The van der Waals surface area contributed by atoms with Gasteiger partial charge in [-0.25, -0.2) is 4.98 Å². The van der Waals surface area contributed by atoms with Gasteiger partial charge in [0, 0.05) is 0 Å². The first-order chi connectivity index (χ1) is 4.61. The molecule has 0 N–H and O–H groups in total. The number of hydrogen-bond donors (Lipinski definition) is 0. The average Bonchev–Trinajstić information content (AvgIpc) is 1.84. The molecule has 0 bridgehead atoms. The molecule has 1 aromatic heterocycles. The number of nitrogens with zero attached hydrogens (tertiary/aromatic N) is 2. The summed E-state index contributed by atoms with van der Waals surface area (Å²) in [6.45, 7) is 0. The predicted molar refractivity (Wildman–Crippen MR) is 34.6 cm³/mol. The van der Waals surface area contributed by atoms with Crippen LogP contribution in [-0.2, 0) is 0 Å². The maximum absolute atomic E-state index is 12.2. The summed E-state index contributed by atoms with van der Waals surface area (Å²) < 4.78 is 35.9. The van der Waals surface area contributed by atoms with E-state index in [1.807, 2.05) is 0 Å². The molecular formula is C4F3IN2. The summed E-state index contributed by atoms with van der Waals surface area (Å²) in [4.78, 5) is 5.47. The van der Waals surface area contributed by atoms with E-state index in [0.717, 1.165) is 0 Å². The second-order valence-corrected chi connectivity index (χ2v) is 2.41. The molecule has 10 heavy (non-hydrogen) atoms. The Hall–Kier alpha value is -0.400. The lowest BCUT2D eigenvalue weighted by molar-refractivity contribution is 0.416. The van der Waals surface area contributed by atoms with Gasteiger partial charge in [-0.05, 0) is 22.6 Å². The molecule has 0 aliphatic carbocycles. The van der Waals surface area contributed by atoms with Crippen LogP contribution in [0.1, 0.15) is 0 Å². The van der Waals surface area contributed by atoms with Gasteiger partial charge in [-0.1, -0.05) is 0 Å². The molecule has 0 aromatic carbocycles. The van der Waals surface area contributed by atoms with Crippen LogP contribution in [0.5, 0.6) is 0 Å². The SMILES string of the molecule is Fc1nc(F)c(I)nc1F. The maximum Gasteiger partial charge on any atom is 0.271 e. The van der Waals surface area contributed by atoms with Crippen molar-refractivity contribution in [3.63, 3.8) is 0 Å². The molecule has 0 radical (unpaired) electrons. The zero-order valence-corrected chi connectivity index (χ0v) is 6.56. The molecule has 0 aliphatic heterocycles. The molecule has 0 atom stereocenters. The van der Waals surface area contributed by atoms with E-state index in [1.165, 1.54) is 22.6 Å². The summed E-state index contributed by atoms with van der Waals surface area (Å²) in [7, 11) is 0. The van der Waals surface area contributed by atoms with E-state index in [9.17, 15) is 13.2 Å². The minimum Gasteiger partial charge on any atom is -0.205 e. The molecule has 1 heterocycles. The zero-order chi connectivity index (χ0) is 7.72. The largest absolute Gasteiger partial charge is 0.271 e. The van der Waals surface area contributed by atoms with Gasteiger partial charge in [0.25, 0.3) is 11.9 Å². The van der Waals surface area contributed by atoms with Gasteiger partial charge in [0.2, 0.25) is 5.95 Å². The van der Waals surface area contributed by atoms with Crippen molar-refractivity contribution in [3.05, 3.63) is 21.5 Å². The molecule has 0 fully saturated rings. The van der Waals surface area contributed by atoms with Crippen molar-refractivity contribution >= 4 is 22.6 Å². The number of hydrogen-bond acceptors (Lipinski definition) is 2. The Kier molecular flexibility index (Phi) is 2.07. The fraction of sp³-hybridized carbons (Fsp3) is 0. The Morgan fingerprint density at radius 3 is 1.90 bits per heavy atom. The van der Waals surface area contributed by atoms with Crippen LogP contribution in [-0.4, -0.2) is 9.97 Å². The van der Waals surface area contributed by atoms with Crippen molar-refractivity contribution in [1.82, 2.24) is 9.97 Å². The molecule has 0 amide bonds. The second kappa shape index (κ2) is 2.69. The van der Waals surface area contributed by atoms with E-state index in [4.69, 9.17) is 0 Å². The smallest absolute Gasteiger partial charge is 0.205 e. The van der Waals surface area contributed by atoms with Crippen molar-refractivity contribution in [2.24, 2.45) is 0 Å². The zero-order valence-electron chi connectivity index (χ0n) is 4.41. The van der Waals surface area contributed by atoms with E-state index in [0.29, 0.717) is 0 Å². The molecule has 54 valence electrons. The normalized spacial score (nSPS) is 10.0. The van der Waals surface area contributed by atoms with Crippen molar-refractivity contribution in [2.75, 3.05) is 0 Å². The van der Waals surface area contributed by atoms with Gasteiger partial charge in [0.1, 0.15) is 0 Å². The third-order valence-electron chi connectivity index (χ3n) is 0.733. The van der Waals surface area contributed by atoms with Crippen LogP contribution in [0.3, 0.4) is 0 Å². The number of rotatable bonds is 0. The Morgan fingerprint density at radius 1 is 0.900 bits per heavy atom. The van der Waals surface area contributed by atoms with Gasteiger partial charge in [-0.15, -0.1) is 0 Å². The van der Waals surface area contributed by atoms with Crippen LogP contribution < -0.4 is 0 Å². The monoisotopic (exact) mass is 260 g/mol. The van der Waals surface area contributed by atoms with E-state index < -0.39 is 17.8 Å². The predicted octanol–water partition coefficient (Wildman–Crippen LogP) is 1.50. The highest BCUT2D eigenvalue weighted by Gasteiger charge is 2.09. The van der Waals surface area contributed by atoms with E-state index in [2.05, 4.69) is 9.97 Å². The maximum atomic E-state index is 12.2. The van der Waals surface area contributed by atoms with E-state index in [1.54, 1.807) is 0 Å². The van der Waals surface area contributed by atoms with Crippen molar-refractivity contribution in [1.29, 1.82) is 0 Å². The average molecular weight is 260 g/mol. The molecule has 0 saturated carbocycles. The van der Waals surface area contributed by atoms with E-state index in [-0.39, 0.29) is 3.70 Å². The minimum atomic E-state index is -1.52. The third kappa shape index (κ3) is 1.36. The van der Waals surface area contributed by atoms with Crippen LogP contribution >= 0.6 is 22.6 Å². The van der Waals surface area contributed by atoms with Crippen molar-refractivity contribution < 1.29 is 13.2 Å². The lowest BCUT2D eigenvalue weighted by atomic mass is 10.7. The molecule has 1 aromatic rings. The first-order valence-electron chi connectivity index (χ1n) is 2.15. The van der Waals surface area contributed by atoms with Crippen LogP contribution in [0.2, 0.25) is 0 Å². The molecule has 6 heteroatoms. The fourth-order valence-electron chi connectivity index (χ4n) is 0.357. The van der Waals surface area contributed by atoms with Crippen molar-refractivity contribution in [2.45, 2.75) is 0 Å². The highest BCUT2D eigenvalue weighted by molar-refractivity contribution is 14.1. The van der Waals surface area contributed by atoms with Gasteiger partial charge in [-0.2, -0.15) is 18.2 Å². The standard InChI is InChI=1S/C4F3IN2/c5-1-2(6)10-4(8)3(7)9-1. The Bertz CT molecular complexity index is 215. The Balaban J connectivity index is 3.28. The third-order valence-corrected chi connectivity index (χ3v) is 1.42. The second-order valence-electron chi connectivity index (χ2n) is 1.39. The lowest BCUT2D eigenvalue weighted by Crippen LogP contribution is -2.00. The molecule has 2 nitrogen and oxygen atoms in total. The highest BCUT2D eigenvalue weighted by Crippen LogP contribution is 2.06. The lowest BCUT2D eigenvalue weighted by Gasteiger charge is -1.92. The summed E-state index contributed by atoms with van der Waals surface area (Å²) in [6.07, 6.45) is 0. The Morgan fingerprint density at radius 2 is 1.40 bits per heavy atom. The quantitative estimate of drug-likeness (QED) is 0.660. The summed E-state index contributed by atoms with van der Waals surface area (Å²) in [6, 6.07) is 0. The van der Waals surface area contributed by atoms with Crippen LogP contribution in [0, 0.1) is 21.5 Å². The Labute approximate surface area is 67.6 Å². The molecular weight excluding hydrogens is 260 g/mol.